The van der Waals surface area contributed by atoms with E-state index in [2.05, 4.69) is 51.3 Å². The van der Waals surface area contributed by atoms with Gasteiger partial charge in [-0.25, -0.2) is 0 Å². The van der Waals surface area contributed by atoms with Crippen molar-refractivity contribution in [3.63, 3.8) is 0 Å². The molecule has 0 aromatic rings. The van der Waals surface area contributed by atoms with E-state index in [9.17, 15) is 0 Å². The highest BCUT2D eigenvalue weighted by Crippen LogP contribution is 2.34. The van der Waals surface area contributed by atoms with Gasteiger partial charge in [0, 0.05) is 13.1 Å². The third kappa shape index (κ3) is 5.85. The summed E-state index contributed by atoms with van der Waals surface area (Å²) >= 11 is 0. The van der Waals surface area contributed by atoms with E-state index in [4.69, 9.17) is 0 Å². The summed E-state index contributed by atoms with van der Waals surface area (Å²) in [5, 5.41) is 0. The Balaban J connectivity index is 1.67. The Kier molecular flexibility index (Phi) is 5.99. The fourth-order valence-corrected chi connectivity index (χ4v) is 4.34. The van der Waals surface area contributed by atoms with Crippen molar-refractivity contribution >= 4 is 0 Å². The Morgan fingerprint density at radius 2 is 1.23 bits per heavy atom. The van der Waals surface area contributed by atoms with Crippen LogP contribution in [0.4, 0.5) is 0 Å². The zero-order valence-electron chi connectivity index (χ0n) is 16.1. The molecule has 22 heavy (non-hydrogen) atoms. The monoisotopic (exact) mass is 308 g/mol. The first-order valence-corrected chi connectivity index (χ1v) is 9.58. The molecular weight excluding hydrogens is 268 g/mol. The molecule has 2 fully saturated rings. The largest absolute Gasteiger partial charge is 0.303 e. The van der Waals surface area contributed by atoms with Crippen LogP contribution >= 0.6 is 0 Å². The standard InChI is InChI=1S/C20H40N2/c1-19(2,3)16-22-11-7-17(8-12-22)15-21-13-9-18(10-14-21)20(4,5)6/h17-18H,7-16H2,1-6H3. The first kappa shape index (κ1) is 18.3. The van der Waals surface area contributed by atoms with E-state index < -0.39 is 0 Å². The van der Waals surface area contributed by atoms with Gasteiger partial charge >= 0.3 is 0 Å². The van der Waals surface area contributed by atoms with Gasteiger partial charge in [0.1, 0.15) is 0 Å². The lowest BCUT2D eigenvalue weighted by atomic mass is 9.75. The molecule has 0 N–H and O–H groups in total. The van der Waals surface area contributed by atoms with Crippen LogP contribution in [0.1, 0.15) is 67.2 Å². The number of nitrogens with zero attached hydrogens (tertiary/aromatic N) is 2. The third-order valence-corrected chi connectivity index (χ3v) is 5.73. The summed E-state index contributed by atoms with van der Waals surface area (Å²) in [6, 6.07) is 0. The van der Waals surface area contributed by atoms with Crippen molar-refractivity contribution in [1.82, 2.24) is 9.80 Å². The number of hydrogen-bond donors (Lipinski definition) is 0. The van der Waals surface area contributed by atoms with Gasteiger partial charge in [0.25, 0.3) is 0 Å². The van der Waals surface area contributed by atoms with Crippen LogP contribution in [0.3, 0.4) is 0 Å². The summed E-state index contributed by atoms with van der Waals surface area (Å²) < 4.78 is 0. The van der Waals surface area contributed by atoms with Gasteiger partial charge in [-0.05, 0) is 74.5 Å². The Morgan fingerprint density at radius 1 is 0.727 bits per heavy atom. The van der Waals surface area contributed by atoms with Crippen molar-refractivity contribution < 1.29 is 0 Å². The molecule has 2 saturated heterocycles. The molecule has 2 rings (SSSR count). The Labute approximate surface area is 139 Å². The number of rotatable bonds is 3. The van der Waals surface area contributed by atoms with Gasteiger partial charge in [0.15, 0.2) is 0 Å². The normalized spacial score (nSPS) is 24.8. The minimum absolute atomic E-state index is 0.446. The minimum Gasteiger partial charge on any atom is -0.303 e. The molecule has 0 unspecified atom stereocenters. The van der Waals surface area contributed by atoms with Gasteiger partial charge in [-0.2, -0.15) is 0 Å². The molecule has 2 aliphatic rings. The van der Waals surface area contributed by atoms with Gasteiger partial charge in [-0.3, -0.25) is 0 Å². The molecular formula is C20H40N2. The summed E-state index contributed by atoms with van der Waals surface area (Å²) in [5.41, 5.74) is 0.950. The number of likely N-dealkylation sites (tertiary alicyclic amines) is 2. The fourth-order valence-electron chi connectivity index (χ4n) is 4.34. The number of hydrogen-bond acceptors (Lipinski definition) is 2. The van der Waals surface area contributed by atoms with Crippen LogP contribution in [0.2, 0.25) is 0 Å². The van der Waals surface area contributed by atoms with Crippen molar-refractivity contribution in [3.8, 4) is 0 Å². The van der Waals surface area contributed by atoms with Crippen LogP contribution in [-0.4, -0.2) is 49.1 Å². The quantitative estimate of drug-likeness (QED) is 0.757. The molecule has 0 aromatic carbocycles. The van der Waals surface area contributed by atoms with E-state index in [1.165, 1.54) is 65.0 Å². The Bertz CT molecular complexity index is 321. The summed E-state index contributed by atoms with van der Waals surface area (Å²) in [6.45, 7) is 22.3. The lowest BCUT2D eigenvalue weighted by molar-refractivity contribution is 0.0777. The van der Waals surface area contributed by atoms with E-state index >= 15 is 0 Å². The smallest absolute Gasteiger partial charge is 0.00300 e. The van der Waals surface area contributed by atoms with Crippen molar-refractivity contribution in [2.24, 2.45) is 22.7 Å². The van der Waals surface area contributed by atoms with Crippen LogP contribution in [0.5, 0.6) is 0 Å². The molecule has 0 bridgehead atoms. The van der Waals surface area contributed by atoms with Crippen LogP contribution in [0.15, 0.2) is 0 Å². The summed E-state index contributed by atoms with van der Waals surface area (Å²) in [7, 11) is 0. The Hall–Kier alpha value is -0.0800. The predicted molar refractivity (Wildman–Crippen MR) is 97.2 cm³/mol. The molecule has 2 heterocycles. The average Bonchev–Trinajstić information content (AvgIpc) is 2.39. The molecule has 2 aliphatic heterocycles. The second-order valence-electron chi connectivity index (χ2n) is 10.2. The number of piperidine rings is 2. The van der Waals surface area contributed by atoms with E-state index in [1.54, 1.807) is 0 Å². The SMILES string of the molecule is CC(C)(C)CN1CCC(CN2CCC(C(C)(C)C)CC2)CC1. The molecule has 0 aromatic heterocycles. The molecule has 0 spiro atoms. The first-order chi connectivity index (χ1) is 10.1. The average molecular weight is 309 g/mol. The lowest BCUT2D eigenvalue weighted by Gasteiger charge is -2.41. The molecule has 2 nitrogen and oxygen atoms in total. The van der Waals surface area contributed by atoms with Crippen molar-refractivity contribution in [1.29, 1.82) is 0 Å². The maximum Gasteiger partial charge on any atom is 0.00300 e. The maximum absolute atomic E-state index is 2.76. The summed E-state index contributed by atoms with van der Waals surface area (Å²) in [5.74, 6) is 1.87. The minimum atomic E-state index is 0.446. The molecule has 0 radical (unpaired) electrons. The zero-order chi connectivity index (χ0) is 16.4. The second kappa shape index (κ2) is 7.21. The summed E-state index contributed by atoms with van der Waals surface area (Å²) in [4.78, 5) is 5.44. The van der Waals surface area contributed by atoms with E-state index in [0.29, 0.717) is 10.8 Å². The Morgan fingerprint density at radius 3 is 1.68 bits per heavy atom. The van der Waals surface area contributed by atoms with Gasteiger partial charge in [0.05, 0.1) is 0 Å². The molecule has 2 heteroatoms. The molecule has 130 valence electrons. The van der Waals surface area contributed by atoms with Gasteiger partial charge in [-0.15, -0.1) is 0 Å². The molecule has 0 saturated carbocycles. The highest BCUT2D eigenvalue weighted by atomic mass is 15.2. The van der Waals surface area contributed by atoms with Crippen molar-refractivity contribution in [3.05, 3.63) is 0 Å². The first-order valence-electron chi connectivity index (χ1n) is 9.58. The third-order valence-electron chi connectivity index (χ3n) is 5.73. The molecule has 0 aliphatic carbocycles. The highest BCUT2D eigenvalue weighted by Gasteiger charge is 2.30. The second-order valence-corrected chi connectivity index (χ2v) is 10.2. The van der Waals surface area contributed by atoms with E-state index in [1.807, 2.05) is 0 Å². The maximum atomic E-state index is 2.76. The van der Waals surface area contributed by atoms with Gasteiger partial charge < -0.3 is 9.80 Å². The lowest BCUT2D eigenvalue weighted by Crippen LogP contribution is -2.44. The topological polar surface area (TPSA) is 6.48 Å². The summed E-state index contributed by atoms with van der Waals surface area (Å²) in [6.07, 6.45) is 5.64. The molecule has 0 amide bonds. The van der Waals surface area contributed by atoms with Crippen LogP contribution in [-0.2, 0) is 0 Å². The van der Waals surface area contributed by atoms with E-state index in [0.717, 1.165) is 11.8 Å². The van der Waals surface area contributed by atoms with E-state index in [-0.39, 0.29) is 0 Å². The van der Waals surface area contributed by atoms with Crippen LogP contribution in [0.25, 0.3) is 0 Å². The zero-order valence-corrected chi connectivity index (χ0v) is 16.1. The van der Waals surface area contributed by atoms with Crippen LogP contribution < -0.4 is 0 Å². The van der Waals surface area contributed by atoms with Crippen LogP contribution in [0, 0.1) is 22.7 Å². The van der Waals surface area contributed by atoms with Crippen molar-refractivity contribution in [2.75, 3.05) is 39.3 Å². The molecule has 0 atom stereocenters. The van der Waals surface area contributed by atoms with Gasteiger partial charge in [0.2, 0.25) is 0 Å². The highest BCUT2D eigenvalue weighted by molar-refractivity contribution is 4.83. The van der Waals surface area contributed by atoms with Gasteiger partial charge in [-0.1, -0.05) is 41.5 Å². The predicted octanol–water partition coefficient (Wildman–Crippen LogP) is 4.50. The fraction of sp³-hybridized carbons (Fsp3) is 1.00. The van der Waals surface area contributed by atoms with Crippen molar-refractivity contribution in [2.45, 2.75) is 67.2 Å².